The molecule has 4 aromatic rings. The highest BCUT2D eigenvalue weighted by Gasteiger charge is 2.36. The number of nitrogens with one attached hydrogen (secondary N) is 1. The number of benzene rings is 3. The molecule has 0 fully saturated rings. The number of carbonyl (C=O) groups excluding carboxylic acids is 2. The van der Waals surface area contributed by atoms with Gasteiger partial charge in [-0.25, -0.2) is 4.68 Å². The first-order valence-corrected chi connectivity index (χ1v) is 12.8. The first kappa shape index (κ1) is 28.4. The van der Waals surface area contributed by atoms with Gasteiger partial charge in [0.25, 0.3) is 0 Å². The third-order valence-electron chi connectivity index (χ3n) is 6.29. The molecule has 1 heterocycles. The minimum absolute atomic E-state index is 0.141. The van der Waals surface area contributed by atoms with Crippen molar-refractivity contribution in [2.75, 3.05) is 26.2 Å². The van der Waals surface area contributed by atoms with Gasteiger partial charge in [-0.3, -0.25) is 14.5 Å². The summed E-state index contributed by atoms with van der Waals surface area (Å²) in [4.78, 5) is 29.8. The molecule has 0 spiro atoms. The number of ether oxygens (including phenoxy) is 3. The molecule has 1 aromatic heterocycles. The molecule has 0 aliphatic heterocycles. The van der Waals surface area contributed by atoms with Crippen LogP contribution in [0.3, 0.4) is 0 Å². The minimum Gasteiger partial charge on any atom is -0.493 e. The van der Waals surface area contributed by atoms with Crippen LogP contribution in [0.4, 0.5) is 5.69 Å². The molecule has 0 radical (unpaired) electrons. The Labute approximate surface area is 233 Å². The third kappa shape index (κ3) is 6.01. The van der Waals surface area contributed by atoms with E-state index < -0.39 is 11.6 Å². The highest BCUT2D eigenvalue weighted by molar-refractivity contribution is 6.02. The molecule has 4 rings (SSSR count). The van der Waals surface area contributed by atoms with Crippen LogP contribution in [0.2, 0.25) is 0 Å². The fraction of sp³-hybridized carbons (Fsp3) is 0.333. The fourth-order valence-corrected chi connectivity index (χ4v) is 4.50. The number of hydrogen-bond acceptors (Lipinski definition) is 7. The minimum atomic E-state index is -1.09. The number of methoxy groups -OCH3 is 3. The van der Waals surface area contributed by atoms with Crippen molar-refractivity contribution in [1.29, 1.82) is 0 Å². The van der Waals surface area contributed by atoms with Gasteiger partial charge in [-0.1, -0.05) is 35.0 Å². The Bertz CT molecular complexity index is 1480. The van der Waals surface area contributed by atoms with E-state index in [2.05, 4.69) is 15.6 Å². The molecule has 0 aliphatic carbocycles. The summed E-state index contributed by atoms with van der Waals surface area (Å²) >= 11 is 0. The van der Waals surface area contributed by atoms with Gasteiger partial charge in [-0.05, 0) is 69.7 Å². The Morgan fingerprint density at radius 1 is 0.950 bits per heavy atom. The van der Waals surface area contributed by atoms with Crippen molar-refractivity contribution in [3.63, 3.8) is 0 Å². The molecule has 10 nitrogen and oxygen atoms in total. The van der Waals surface area contributed by atoms with Gasteiger partial charge in [0, 0.05) is 11.2 Å². The molecule has 0 saturated heterocycles. The van der Waals surface area contributed by atoms with Crippen molar-refractivity contribution in [2.24, 2.45) is 0 Å². The van der Waals surface area contributed by atoms with Gasteiger partial charge in [0.1, 0.15) is 18.1 Å². The Morgan fingerprint density at radius 2 is 1.57 bits per heavy atom. The van der Waals surface area contributed by atoms with Crippen molar-refractivity contribution < 1.29 is 23.8 Å². The molecule has 210 valence electrons. The summed E-state index contributed by atoms with van der Waals surface area (Å²) in [6.45, 7) is 7.47. The van der Waals surface area contributed by atoms with Crippen molar-refractivity contribution in [1.82, 2.24) is 20.3 Å². The van der Waals surface area contributed by atoms with E-state index in [0.717, 1.165) is 5.56 Å². The summed E-state index contributed by atoms with van der Waals surface area (Å²) in [6.07, 6.45) is 0. The lowest BCUT2D eigenvalue weighted by Gasteiger charge is -2.34. The molecular formula is C30H35N5O5. The van der Waals surface area contributed by atoms with E-state index in [9.17, 15) is 9.59 Å². The first-order chi connectivity index (χ1) is 19.1. The van der Waals surface area contributed by atoms with Gasteiger partial charge < -0.3 is 19.5 Å². The molecule has 0 bridgehead atoms. The molecule has 3 aromatic carbocycles. The molecule has 0 aliphatic rings. The van der Waals surface area contributed by atoms with Gasteiger partial charge in [-0.2, -0.15) is 0 Å². The number of anilines is 1. The summed E-state index contributed by atoms with van der Waals surface area (Å²) in [5.74, 6) is 0.375. The van der Waals surface area contributed by atoms with Crippen LogP contribution in [0.25, 0.3) is 11.0 Å². The van der Waals surface area contributed by atoms with Crippen molar-refractivity contribution in [3.05, 3.63) is 71.8 Å². The zero-order valence-electron chi connectivity index (χ0n) is 23.9. The van der Waals surface area contributed by atoms with Crippen LogP contribution in [0.5, 0.6) is 17.2 Å². The number of para-hydroxylation sites is 1. The van der Waals surface area contributed by atoms with Gasteiger partial charge in [0.2, 0.25) is 17.6 Å². The second kappa shape index (κ2) is 11.6. The predicted octanol–water partition coefficient (Wildman–Crippen LogP) is 4.45. The monoisotopic (exact) mass is 545 g/mol. The lowest BCUT2D eigenvalue weighted by atomic mass is 9.99. The quantitative estimate of drug-likeness (QED) is 0.331. The SMILES string of the molecule is COc1cc([C@H](C(=O)NC(C)(C)C)N(C(=O)Cn2nnc3ccccc32)c2ccc(C)cc2)cc(OC)c1OC. The summed E-state index contributed by atoms with van der Waals surface area (Å²) in [5.41, 5.74) is 2.85. The average Bonchev–Trinajstić information content (AvgIpc) is 3.32. The average molecular weight is 546 g/mol. The Hall–Kier alpha value is -4.60. The number of amides is 2. The molecule has 1 N–H and O–H groups in total. The second-order valence-electron chi connectivity index (χ2n) is 10.4. The zero-order chi connectivity index (χ0) is 29.0. The van der Waals surface area contributed by atoms with E-state index in [1.165, 1.54) is 30.9 Å². The number of rotatable bonds is 9. The lowest BCUT2D eigenvalue weighted by Crippen LogP contribution is -2.50. The fourth-order valence-electron chi connectivity index (χ4n) is 4.50. The van der Waals surface area contributed by atoms with Crippen molar-refractivity contribution in [2.45, 2.75) is 45.8 Å². The summed E-state index contributed by atoms with van der Waals surface area (Å²) in [6, 6.07) is 17.1. The van der Waals surface area contributed by atoms with E-state index in [0.29, 0.717) is 39.5 Å². The topological polar surface area (TPSA) is 108 Å². The number of aromatic nitrogens is 3. The molecule has 10 heteroatoms. The van der Waals surface area contributed by atoms with E-state index in [-0.39, 0.29) is 18.4 Å². The van der Waals surface area contributed by atoms with Crippen LogP contribution in [-0.4, -0.2) is 53.7 Å². The van der Waals surface area contributed by atoms with E-state index in [1.807, 2.05) is 76.2 Å². The van der Waals surface area contributed by atoms with Crippen LogP contribution in [0.1, 0.15) is 37.9 Å². The van der Waals surface area contributed by atoms with E-state index >= 15 is 0 Å². The normalized spacial score (nSPS) is 12.1. The Balaban J connectivity index is 1.91. The Morgan fingerprint density at radius 3 is 2.15 bits per heavy atom. The number of nitrogens with zero attached hydrogens (tertiary/aromatic N) is 4. The van der Waals surface area contributed by atoms with E-state index in [4.69, 9.17) is 14.2 Å². The molecule has 40 heavy (non-hydrogen) atoms. The maximum Gasteiger partial charge on any atom is 0.249 e. The number of carbonyl (C=O) groups is 2. The smallest absolute Gasteiger partial charge is 0.249 e. The predicted molar refractivity (Wildman–Crippen MR) is 153 cm³/mol. The standard InChI is InChI=1S/C30H35N5O5/c1-19-12-14-21(15-13-19)35(26(36)18-34-23-11-9-8-10-22(23)32-33-34)27(29(37)31-30(2,3)4)20-16-24(38-5)28(40-7)25(17-20)39-6/h8-17,27H,18H2,1-7H3,(H,31,37)/t27-/m1/s1. The largest absolute Gasteiger partial charge is 0.493 e. The van der Waals surface area contributed by atoms with Crippen LogP contribution in [0.15, 0.2) is 60.7 Å². The van der Waals surface area contributed by atoms with Gasteiger partial charge >= 0.3 is 0 Å². The second-order valence-corrected chi connectivity index (χ2v) is 10.4. The van der Waals surface area contributed by atoms with Crippen LogP contribution in [-0.2, 0) is 16.1 Å². The molecule has 0 unspecified atom stereocenters. The number of aryl methyl sites for hydroxylation is 1. The molecular weight excluding hydrogens is 510 g/mol. The van der Waals surface area contributed by atoms with Gasteiger partial charge in [0.05, 0.1) is 26.8 Å². The van der Waals surface area contributed by atoms with E-state index in [1.54, 1.807) is 12.1 Å². The van der Waals surface area contributed by atoms with Gasteiger partial charge in [-0.15, -0.1) is 5.10 Å². The van der Waals surface area contributed by atoms with Crippen LogP contribution < -0.4 is 24.4 Å². The van der Waals surface area contributed by atoms with Crippen LogP contribution in [0, 0.1) is 6.92 Å². The lowest BCUT2D eigenvalue weighted by molar-refractivity contribution is -0.128. The molecule has 2 amide bonds. The number of fused-ring (bicyclic) bond motifs is 1. The first-order valence-electron chi connectivity index (χ1n) is 12.8. The highest BCUT2D eigenvalue weighted by atomic mass is 16.5. The summed E-state index contributed by atoms with van der Waals surface area (Å²) in [7, 11) is 4.52. The Kier molecular flexibility index (Phi) is 8.27. The molecule has 1 atom stereocenters. The van der Waals surface area contributed by atoms with Gasteiger partial charge in [0.15, 0.2) is 11.5 Å². The maximum atomic E-state index is 14.2. The summed E-state index contributed by atoms with van der Waals surface area (Å²) < 4.78 is 18.2. The van der Waals surface area contributed by atoms with Crippen LogP contribution >= 0.6 is 0 Å². The third-order valence-corrected chi connectivity index (χ3v) is 6.29. The van der Waals surface area contributed by atoms with Crippen molar-refractivity contribution >= 4 is 28.5 Å². The zero-order valence-corrected chi connectivity index (χ0v) is 23.9. The highest BCUT2D eigenvalue weighted by Crippen LogP contribution is 2.41. The maximum absolute atomic E-state index is 14.2. The number of hydrogen-bond donors (Lipinski definition) is 1. The molecule has 0 saturated carbocycles. The summed E-state index contributed by atoms with van der Waals surface area (Å²) in [5, 5.41) is 11.4. The van der Waals surface area contributed by atoms with Crippen molar-refractivity contribution in [3.8, 4) is 17.2 Å².